The lowest BCUT2D eigenvalue weighted by atomic mass is 10.0. The minimum atomic E-state index is -0.937. The summed E-state index contributed by atoms with van der Waals surface area (Å²) in [6, 6.07) is 8.45. The topological polar surface area (TPSA) is 75.6 Å². The molecule has 1 aromatic rings. The van der Waals surface area contributed by atoms with Gasteiger partial charge in [0.05, 0.1) is 6.61 Å². The Labute approximate surface area is 138 Å². The number of benzene rings is 1. The van der Waals surface area contributed by atoms with Gasteiger partial charge in [-0.05, 0) is 37.7 Å². The van der Waals surface area contributed by atoms with E-state index in [4.69, 9.17) is 4.74 Å². The highest BCUT2D eigenvalue weighted by Crippen LogP contribution is 2.11. The van der Waals surface area contributed by atoms with Gasteiger partial charge >= 0.3 is 11.9 Å². The molecule has 0 saturated carbocycles. The van der Waals surface area contributed by atoms with Crippen LogP contribution in [0, 0.1) is 5.92 Å². The average molecular weight is 321 g/mol. The first-order chi connectivity index (χ1) is 10.9. The summed E-state index contributed by atoms with van der Waals surface area (Å²) in [5.41, 5.74) is 1.11. The van der Waals surface area contributed by atoms with E-state index in [1.165, 1.54) is 0 Å². The van der Waals surface area contributed by atoms with Crippen molar-refractivity contribution >= 4 is 11.9 Å². The molecule has 0 radical (unpaired) electrons. The Bertz CT molecular complexity index is 487. The molecule has 0 aliphatic carbocycles. The van der Waals surface area contributed by atoms with Gasteiger partial charge in [-0.2, -0.15) is 0 Å². The van der Waals surface area contributed by atoms with E-state index in [-0.39, 0.29) is 12.5 Å². The molecular weight excluding hydrogens is 294 g/mol. The molecule has 23 heavy (non-hydrogen) atoms. The van der Waals surface area contributed by atoms with Crippen LogP contribution in [0.5, 0.6) is 0 Å². The molecule has 0 aromatic heterocycles. The van der Waals surface area contributed by atoms with E-state index in [2.05, 4.69) is 5.32 Å². The molecule has 0 fully saturated rings. The Kier molecular flexibility index (Phi) is 8.33. The molecule has 1 unspecified atom stereocenters. The zero-order chi connectivity index (χ0) is 17.2. The number of aryl methyl sites for hydroxylation is 1. The summed E-state index contributed by atoms with van der Waals surface area (Å²) in [6.45, 7) is 5.95. The third-order valence-electron chi connectivity index (χ3n) is 3.54. The second-order valence-electron chi connectivity index (χ2n) is 6.02. The number of carboxylic acid groups (broad SMARTS) is 1. The fraction of sp³-hybridized carbons (Fsp3) is 0.556. The second kappa shape index (κ2) is 10.0. The van der Waals surface area contributed by atoms with Gasteiger partial charge in [-0.15, -0.1) is 0 Å². The number of esters is 1. The highest BCUT2D eigenvalue weighted by Gasteiger charge is 2.27. The molecule has 0 saturated heterocycles. The number of aliphatic carboxylic acids is 1. The maximum Gasteiger partial charge on any atom is 0.323 e. The van der Waals surface area contributed by atoms with Crippen molar-refractivity contribution in [2.75, 3.05) is 6.61 Å². The standard InChI is InChI=1S/C18H27NO4/c1-4-23-18(22)15(11-10-14-8-6-5-7-9-14)19-16(17(20)21)12-13(2)3/h5-9,13,15-16,19H,4,10-12H2,1-3H3,(H,20,21)/t15?,16-/m0/s1. The van der Waals surface area contributed by atoms with Crippen molar-refractivity contribution in [1.82, 2.24) is 5.32 Å². The van der Waals surface area contributed by atoms with Crippen LogP contribution in [0.2, 0.25) is 0 Å². The van der Waals surface area contributed by atoms with Crippen LogP contribution in [0.25, 0.3) is 0 Å². The largest absolute Gasteiger partial charge is 0.480 e. The summed E-state index contributed by atoms with van der Waals surface area (Å²) >= 11 is 0. The van der Waals surface area contributed by atoms with Crippen LogP contribution >= 0.6 is 0 Å². The predicted molar refractivity (Wildman–Crippen MR) is 89.2 cm³/mol. The lowest BCUT2D eigenvalue weighted by Gasteiger charge is -2.23. The Morgan fingerprint density at radius 1 is 1.17 bits per heavy atom. The molecule has 1 aromatic carbocycles. The van der Waals surface area contributed by atoms with Crippen molar-refractivity contribution in [3.8, 4) is 0 Å². The van der Waals surface area contributed by atoms with E-state index in [0.717, 1.165) is 5.56 Å². The molecule has 5 nitrogen and oxygen atoms in total. The fourth-order valence-electron chi connectivity index (χ4n) is 2.42. The first-order valence-corrected chi connectivity index (χ1v) is 8.13. The number of hydrogen-bond donors (Lipinski definition) is 2. The first kappa shape index (κ1) is 19.2. The SMILES string of the molecule is CCOC(=O)C(CCc1ccccc1)N[C@@H](CC(C)C)C(=O)O. The van der Waals surface area contributed by atoms with E-state index in [9.17, 15) is 14.7 Å². The van der Waals surface area contributed by atoms with Gasteiger partial charge in [0.25, 0.3) is 0 Å². The first-order valence-electron chi connectivity index (χ1n) is 8.13. The van der Waals surface area contributed by atoms with E-state index in [1.807, 2.05) is 44.2 Å². The number of rotatable bonds is 10. The Morgan fingerprint density at radius 2 is 1.83 bits per heavy atom. The van der Waals surface area contributed by atoms with Gasteiger partial charge in [0.2, 0.25) is 0 Å². The van der Waals surface area contributed by atoms with Crippen molar-refractivity contribution < 1.29 is 19.4 Å². The molecule has 0 aliphatic heterocycles. The summed E-state index contributed by atoms with van der Waals surface area (Å²) in [6.07, 6.45) is 1.66. The van der Waals surface area contributed by atoms with Gasteiger partial charge in [-0.1, -0.05) is 44.2 Å². The van der Waals surface area contributed by atoms with E-state index in [1.54, 1.807) is 6.92 Å². The van der Waals surface area contributed by atoms with Gasteiger partial charge in [-0.25, -0.2) is 0 Å². The highest BCUT2D eigenvalue weighted by atomic mass is 16.5. The number of ether oxygens (including phenoxy) is 1. The van der Waals surface area contributed by atoms with E-state index < -0.39 is 24.0 Å². The molecular formula is C18H27NO4. The van der Waals surface area contributed by atoms with Crippen LogP contribution in [0.3, 0.4) is 0 Å². The number of nitrogens with one attached hydrogen (secondary N) is 1. The lowest BCUT2D eigenvalue weighted by molar-refractivity contribution is -0.147. The normalized spacial score (nSPS) is 13.6. The molecule has 5 heteroatoms. The lowest BCUT2D eigenvalue weighted by Crippen LogP contribution is -2.48. The highest BCUT2D eigenvalue weighted by molar-refractivity contribution is 5.78. The van der Waals surface area contributed by atoms with Crippen LogP contribution in [0.1, 0.15) is 39.2 Å². The molecule has 2 N–H and O–H groups in total. The molecule has 0 heterocycles. The maximum atomic E-state index is 12.1. The van der Waals surface area contributed by atoms with Gasteiger partial charge in [0.1, 0.15) is 12.1 Å². The molecule has 128 valence electrons. The molecule has 0 spiro atoms. The van der Waals surface area contributed by atoms with Gasteiger partial charge < -0.3 is 9.84 Å². The quantitative estimate of drug-likeness (QED) is 0.648. The Balaban J connectivity index is 2.74. The van der Waals surface area contributed by atoms with Crippen LogP contribution in [-0.4, -0.2) is 35.7 Å². The summed E-state index contributed by atoms with van der Waals surface area (Å²) < 4.78 is 5.08. The molecule has 0 amide bonds. The van der Waals surface area contributed by atoms with Crippen molar-refractivity contribution in [3.05, 3.63) is 35.9 Å². The number of carbonyl (C=O) groups is 2. The summed E-state index contributed by atoms with van der Waals surface area (Å²) in [5, 5.41) is 12.3. The van der Waals surface area contributed by atoms with Crippen LogP contribution in [-0.2, 0) is 20.7 Å². The van der Waals surface area contributed by atoms with Crippen molar-refractivity contribution in [3.63, 3.8) is 0 Å². The summed E-state index contributed by atoms with van der Waals surface area (Å²) in [4.78, 5) is 23.5. The molecule has 1 rings (SSSR count). The van der Waals surface area contributed by atoms with Crippen LogP contribution in [0.4, 0.5) is 0 Å². The van der Waals surface area contributed by atoms with Gasteiger partial charge in [0, 0.05) is 0 Å². The van der Waals surface area contributed by atoms with Gasteiger partial charge in [0.15, 0.2) is 0 Å². The van der Waals surface area contributed by atoms with Crippen LogP contribution in [0.15, 0.2) is 30.3 Å². The number of carbonyl (C=O) groups excluding carboxylic acids is 1. The monoisotopic (exact) mass is 321 g/mol. The average Bonchev–Trinajstić information content (AvgIpc) is 2.50. The summed E-state index contributed by atoms with van der Waals surface area (Å²) in [7, 11) is 0. The second-order valence-corrected chi connectivity index (χ2v) is 6.02. The molecule has 0 aliphatic rings. The van der Waals surface area contributed by atoms with Gasteiger partial charge in [-0.3, -0.25) is 14.9 Å². The van der Waals surface area contributed by atoms with E-state index in [0.29, 0.717) is 19.3 Å². The van der Waals surface area contributed by atoms with Crippen LogP contribution < -0.4 is 5.32 Å². The third-order valence-corrected chi connectivity index (χ3v) is 3.54. The van der Waals surface area contributed by atoms with Crippen molar-refractivity contribution in [2.45, 2.75) is 52.1 Å². The third kappa shape index (κ3) is 7.28. The summed E-state index contributed by atoms with van der Waals surface area (Å²) in [5.74, 6) is -1.10. The molecule has 2 atom stereocenters. The van der Waals surface area contributed by atoms with E-state index >= 15 is 0 Å². The predicted octanol–water partition coefficient (Wildman–Crippen LogP) is 2.64. The smallest absolute Gasteiger partial charge is 0.323 e. The fourth-order valence-corrected chi connectivity index (χ4v) is 2.42. The minimum Gasteiger partial charge on any atom is -0.480 e. The number of hydrogen-bond acceptors (Lipinski definition) is 4. The Hall–Kier alpha value is -1.88. The van der Waals surface area contributed by atoms with Crippen molar-refractivity contribution in [2.24, 2.45) is 5.92 Å². The van der Waals surface area contributed by atoms with Crippen molar-refractivity contribution in [1.29, 1.82) is 0 Å². The molecule has 0 bridgehead atoms. The zero-order valence-corrected chi connectivity index (χ0v) is 14.1. The zero-order valence-electron chi connectivity index (χ0n) is 14.1. The maximum absolute atomic E-state index is 12.1. The minimum absolute atomic E-state index is 0.223. The number of carboxylic acids is 1. The Morgan fingerprint density at radius 3 is 2.35 bits per heavy atom.